The topological polar surface area (TPSA) is 9.23 Å². The van der Waals surface area contributed by atoms with Crippen LogP contribution in [-0.2, 0) is 6.42 Å². The molecule has 1 nitrogen and oxygen atoms in total. The van der Waals surface area contributed by atoms with Crippen LogP contribution in [0.5, 0.6) is 5.75 Å². The standard InChI is InChI=1S/C27H42F2O/c1-3-7-25-17-16-24(20-27(25,28)29)23-14-10-21(11-15-23)8-5-6-9-22-12-18-26(19-13-22)30-4-2/h12-13,18-19,21,23-25H,3-11,14-17,20H2,1-2H3. The summed E-state index contributed by atoms with van der Waals surface area (Å²) in [4.78, 5) is 0. The third-order valence-corrected chi connectivity index (χ3v) is 7.77. The van der Waals surface area contributed by atoms with Gasteiger partial charge in [0, 0.05) is 12.3 Å². The zero-order valence-electron chi connectivity index (χ0n) is 19.2. The van der Waals surface area contributed by atoms with Gasteiger partial charge in [0.05, 0.1) is 6.61 Å². The molecule has 2 unspecified atom stereocenters. The molecule has 0 N–H and O–H groups in total. The molecule has 170 valence electrons. The Morgan fingerprint density at radius 3 is 2.20 bits per heavy atom. The van der Waals surface area contributed by atoms with Gasteiger partial charge in [-0.05, 0) is 87.3 Å². The smallest absolute Gasteiger partial charge is 0.251 e. The molecule has 2 atom stereocenters. The first kappa shape index (κ1) is 23.5. The maximum atomic E-state index is 14.5. The van der Waals surface area contributed by atoms with Gasteiger partial charge in [-0.15, -0.1) is 0 Å². The van der Waals surface area contributed by atoms with E-state index in [1.807, 2.05) is 13.8 Å². The number of rotatable bonds is 10. The van der Waals surface area contributed by atoms with E-state index in [0.29, 0.717) is 18.9 Å². The molecule has 0 aromatic heterocycles. The minimum absolute atomic E-state index is 0.162. The predicted molar refractivity (Wildman–Crippen MR) is 121 cm³/mol. The van der Waals surface area contributed by atoms with Crippen molar-refractivity contribution in [3.8, 4) is 5.75 Å². The zero-order valence-corrected chi connectivity index (χ0v) is 19.2. The van der Waals surface area contributed by atoms with Gasteiger partial charge in [0.25, 0.3) is 5.92 Å². The molecule has 1 aromatic carbocycles. The molecule has 2 fully saturated rings. The lowest BCUT2D eigenvalue weighted by Crippen LogP contribution is -2.38. The van der Waals surface area contributed by atoms with E-state index in [0.717, 1.165) is 37.4 Å². The Balaban J connectivity index is 1.32. The van der Waals surface area contributed by atoms with Crippen molar-refractivity contribution in [1.82, 2.24) is 0 Å². The van der Waals surface area contributed by atoms with Crippen LogP contribution in [0.2, 0.25) is 0 Å². The van der Waals surface area contributed by atoms with Gasteiger partial charge in [0.2, 0.25) is 0 Å². The van der Waals surface area contributed by atoms with Gasteiger partial charge in [0.15, 0.2) is 0 Å². The molecular formula is C27H42F2O. The summed E-state index contributed by atoms with van der Waals surface area (Å²) in [6.07, 6.45) is 13.4. The lowest BCUT2D eigenvalue weighted by Gasteiger charge is -2.41. The van der Waals surface area contributed by atoms with E-state index in [9.17, 15) is 8.78 Å². The summed E-state index contributed by atoms with van der Waals surface area (Å²) in [5.41, 5.74) is 1.39. The van der Waals surface area contributed by atoms with E-state index in [1.54, 1.807) is 0 Å². The number of halogens is 2. The third-order valence-electron chi connectivity index (χ3n) is 7.77. The minimum Gasteiger partial charge on any atom is -0.494 e. The Labute approximate surface area is 183 Å². The van der Waals surface area contributed by atoms with Gasteiger partial charge in [-0.2, -0.15) is 0 Å². The fourth-order valence-electron chi connectivity index (χ4n) is 5.98. The highest BCUT2D eigenvalue weighted by molar-refractivity contribution is 5.27. The highest BCUT2D eigenvalue weighted by atomic mass is 19.3. The van der Waals surface area contributed by atoms with Crippen molar-refractivity contribution in [2.75, 3.05) is 6.61 Å². The van der Waals surface area contributed by atoms with Crippen LogP contribution in [0, 0.1) is 23.7 Å². The van der Waals surface area contributed by atoms with Gasteiger partial charge in [0.1, 0.15) is 5.75 Å². The number of benzene rings is 1. The van der Waals surface area contributed by atoms with Crippen molar-refractivity contribution in [1.29, 1.82) is 0 Å². The fraction of sp³-hybridized carbons (Fsp3) is 0.778. The SMILES string of the molecule is CCCC1CCC(C2CCC(CCCCc3ccc(OCC)cc3)CC2)CC1(F)F. The molecule has 0 saturated heterocycles. The number of unbranched alkanes of at least 4 members (excludes halogenated alkanes) is 1. The largest absolute Gasteiger partial charge is 0.494 e. The molecule has 30 heavy (non-hydrogen) atoms. The summed E-state index contributed by atoms with van der Waals surface area (Å²) < 4.78 is 34.6. The van der Waals surface area contributed by atoms with E-state index >= 15 is 0 Å². The second-order valence-electron chi connectivity index (χ2n) is 9.89. The number of aryl methyl sites for hydroxylation is 1. The molecular weight excluding hydrogens is 378 g/mol. The van der Waals surface area contributed by atoms with E-state index in [1.165, 1.54) is 50.5 Å². The highest BCUT2D eigenvalue weighted by Crippen LogP contribution is 2.49. The van der Waals surface area contributed by atoms with E-state index in [4.69, 9.17) is 4.74 Å². The van der Waals surface area contributed by atoms with Crippen molar-refractivity contribution < 1.29 is 13.5 Å². The Morgan fingerprint density at radius 2 is 1.57 bits per heavy atom. The summed E-state index contributed by atoms with van der Waals surface area (Å²) in [6, 6.07) is 8.50. The Kier molecular flexibility index (Phi) is 9.01. The maximum Gasteiger partial charge on any atom is 0.251 e. The molecule has 0 spiro atoms. The second-order valence-corrected chi connectivity index (χ2v) is 9.89. The Bertz CT molecular complexity index is 604. The molecule has 0 aliphatic heterocycles. The van der Waals surface area contributed by atoms with Crippen molar-refractivity contribution in [2.45, 2.75) is 103 Å². The molecule has 0 radical (unpaired) electrons. The van der Waals surface area contributed by atoms with E-state index in [2.05, 4.69) is 24.3 Å². The van der Waals surface area contributed by atoms with E-state index < -0.39 is 5.92 Å². The highest BCUT2D eigenvalue weighted by Gasteiger charge is 2.46. The summed E-state index contributed by atoms with van der Waals surface area (Å²) in [6.45, 7) is 4.75. The van der Waals surface area contributed by atoms with Gasteiger partial charge in [-0.25, -0.2) is 8.78 Å². The summed E-state index contributed by atoms with van der Waals surface area (Å²) in [5.74, 6) is -0.178. The van der Waals surface area contributed by atoms with Crippen molar-refractivity contribution >= 4 is 0 Å². The Hall–Kier alpha value is -1.12. The van der Waals surface area contributed by atoms with Crippen LogP contribution in [-0.4, -0.2) is 12.5 Å². The normalized spacial score (nSPS) is 28.9. The molecule has 3 rings (SSSR count). The van der Waals surface area contributed by atoms with E-state index in [-0.39, 0.29) is 18.3 Å². The molecule has 3 heteroatoms. The average molecular weight is 421 g/mol. The van der Waals surface area contributed by atoms with Gasteiger partial charge >= 0.3 is 0 Å². The van der Waals surface area contributed by atoms with Crippen LogP contribution in [0.25, 0.3) is 0 Å². The predicted octanol–water partition coefficient (Wildman–Crippen LogP) is 8.46. The average Bonchev–Trinajstić information content (AvgIpc) is 2.74. The summed E-state index contributed by atoms with van der Waals surface area (Å²) >= 11 is 0. The first-order valence-electron chi connectivity index (χ1n) is 12.6. The van der Waals surface area contributed by atoms with Crippen LogP contribution in [0.4, 0.5) is 8.78 Å². The lowest BCUT2D eigenvalue weighted by molar-refractivity contribution is -0.115. The van der Waals surface area contributed by atoms with Crippen molar-refractivity contribution in [3.05, 3.63) is 29.8 Å². The lowest BCUT2D eigenvalue weighted by atomic mass is 9.67. The van der Waals surface area contributed by atoms with Crippen LogP contribution in [0.1, 0.15) is 96.5 Å². The number of ether oxygens (including phenoxy) is 1. The number of alkyl halides is 2. The second kappa shape index (κ2) is 11.5. The Morgan fingerprint density at radius 1 is 0.867 bits per heavy atom. The van der Waals surface area contributed by atoms with Crippen LogP contribution < -0.4 is 4.74 Å². The summed E-state index contributed by atoms with van der Waals surface area (Å²) in [7, 11) is 0. The van der Waals surface area contributed by atoms with Crippen LogP contribution >= 0.6 is 0 Å². The maximum absolute atomic E-state index is 14.5. The van der Waals surface area contributed by atoms with Gasteiger partial charge in [-0.3, -0.25) is 0 Å². The quantitative estimate of drug-likeness (QED) is 0.345. The van der Waals surface area contributed by atoms with Crippen molar-refractivity contribution in [3.63, 3.8) is 0 Å². The number of hydrogen-bond donors (Lipinski definition) is 0. The molecule has 1 aromatic rings. The zero-order chi connectivity index (χ0) is 21.4. The van der Waals surface area contributed by atoms with Gasteiger partial charge in [-0.1, -0.05) is 51.2 Å². The molecule has 0 bridgehead atoms. The summed E-state index contributed by atoms with van der Waals surface area (Å²) in [5, 5.41) is 0. The van der Waals surface area contributed by atoms with Gasteiger partial charge < -0.3 is 4.74 Å². The molecule has 0 amide bonds. The first-order valence-corrected chi connectivity index (χ1v) is 12.6. The monoisotopic (exact) mass is 420 g/mol. The van der Waals surface area contributed by atoms with Crippen LogP contribution in [0.15, 0.2) is 24.3 Å². The molecule has 2 aliphatic rings. The van der Waals surface area contributed by atoms with Crippen molar-refractivity contribution in [2.24, 2.45) is 23.7 Å². The number of hydrogen-bond acceptors (Lipinski definition) is 1. The molecule has 0 heterocycles. The molecule has 2 aliphatic carbocycles. The first-order chi connectivity index (χ1) is 14.5. The van der Waals surface area contributed by atoms with Crippen LogP contribution in [0.3, 0.4) is 0 Å². The fourth-order valence-corrected chi connectivity index (χ4v) is 5.98. The minimum atomic E-state index is -2.42. The third kappa shape index (κ3) is 6.69. The molecule has 2 saturated carbocycles.